The Balaban J connectivity index is 3.61. The fraction of sp³-hybridized carbons (Fsp3) is 0.800. The summed E-state index contributed by atoms with van der Waals surface area (Å²) in [7, 11) is 1.33. The molecule has 0 saturated carbocycles. The number of rotatable bonds is 7. The highest BCUT2D eigenvalue weighted by atomic mass is 16.5. The summed E-state index contributed by atoms with van der Waals surface area (Å²) < 4.78 is 4.45. The molecule has 0 aromatic carbocycles. The first-order chi connectivity index (χ1) is 7.13. The van der Waals surface area contributed by atoms with Crippen molar-refractivity contribution in [2.24, 2.45) is 11.7 Å². The topological polar surface area (TPSA) is 81.4 Å². The molecule has 0 rings (SSSR count). The number of amides is 1. The lowest BCUT2D eigenvalue weighted by atomic mass is 10.0. The molecule has 5 nitrogen and oxygen atoms in total. The molecule has 0 aliphatic rings. The molecule has 88 valence electrons. The van der Waals surface area contributed by atoms with Gasteiger partial charge in [-0.25, -0.2) is 0 Å². The van der Waals surface area contributed by atoms with Gasteiger partial charge >= 0.3 is 5.97 Å². The largest absolute Gasteiger partial charge is 0.469 e. The van der Waals surface area contributed by atoms with Crippen LogP contribution in [0.1, 0.15) is 26.2 Å². The van der Waals surface area contributed by atoms with E-state index in [0.717, 1.165) is 6.42 Å². The molecule has 0 radical (unpaired) electrons. The molecule has 3 N–H and O–H groups in total. The van der Waals surface area contributed by atoms with Crippen molar-refractivity contribution in [2.75, 3.05) is 20.2 Å². The van der Waals surface area contributed by atoms with Gasteiger partial charge in [0.1, 0.15) is 0 Å². The molecule has 5 heteroatoms. The van der Waals surface area contributed by atoms with Crippen molar-refractivity contribution < 1.29 is 14.3 Å². The van der Waals surface area contributed by atoms with Gasteiger partial charge in [-0.05, 0) is 12.5 Å². The van der Waals surface area contributed by atoms with Crippen molar-refractivity contribution in [2.45, 2.75) is 26.2 Å². The lowest BCUT2D eigenvalue weighted by Crippen LogP contribution is -2.29. The highest BCUT2D eigenvalue weighted by Crippen LogP contribution is 2.05. The molecule has 0 heterocycles. The SMILES string of the molecule is CCC(CN)CC(=O)NCCC(=O)OC. The van der Waals surface area contributed by atoms with Gasteiger partial charge in [0.15, 0.2) is 0 Å². The monoisotopic (exact) mass is 216 g/mol. The van der Waals surface area contributed by atoms with Gasteiger partial charge in [0.05, 0.1) is 13.5 Å². The van der Waals surface area contributed by atoms with Crippen LogP contribution in [0.3, 0.4) is 0 Å². The Kier molecular flexibility index (Phi) is 7.62. The Morgan fingerprint density at radius 2 is 2.13 bits per heavy atom. The van der Waals surface area contributed by atoms with E-state index in [1.165, 1.54) is 7.11 Å². The summed E-state index contributed by atoms with van der Waals surface area (Å²) >= 11 is 0. The number of hydrogen-bond donors (Lipinski definition) is 2. The van der Waals surface area contributed by atoms with Crippen LogP contribution in [0.2, 0.25) is 0 Å². The molecule has 0 aromatic heterocycles. The van der Waals surface area contributed by atoms with E-state index in [-0.39, 0.29) is 24.2 Å². The van der Waals surface area contributed by atoms with Gasteiger partial charge in [-0.2, -0.15) is 0 Å². The van der Waals surface area contributed by atoms with E-state index in [2.05, 4.69) is 10.1 Å². The molecule has 0 fully saturated rings. The zero-order chi connectivity index (χ0) is 11.7. The standard InChI is InChI=1S/C10H20N2O3/c1-3-8(7-11)6-9(13)12-5-4-10(14)15-2/h8H,3-7,11H2,1-2H3,(H,12,13). The summed E-state index contributed by atoms with van der Waals surface area (Å²) in [5, 5.41) is 2.65. The number of esters is 1. The van der Waals surface area contributed by atoms with E-state index in [4.69, 9.17) is 5.73 Å². The molecule has 0 aliphatic carbocycles. The lowest BCUT2D eigenvalue weighted by Gasteiger charge is -2.11. The minimum Gasteiger partial charge on any atom is -0.469 e. The smallest absolute Gasteiger partial charge is 0.307 e. The van der Waals surface area contributed by atoms with Gasteiger partial charge in [-0.3, -0.25) is 9.59 Å². The Labute approximate surface area is 90.4 Å². The van der Waals surface area contributed by atoms with Crippen LogP contribution in [0.4, 0.5) is 0 Å². The zero-order valence-corrected chi connectivity index (χ0v) is 9.41. The fourth-order valence-electron chi connectivity index (χ4n) is 1.13. The van der Waals surface area contributed by atoms with Crippen molar-refractivity contribution in [3.05, 3.63) is 0 Å². The van der Waals surface area contributed by atoms with Crippen molar-refractivity contribution >= 4 is 11.9 Å². The highest BCUT2D eigenvalue weighted by molar-refractivity contribution is 5.77. The first kappa shape index (κ1) is 13.9. The summed E-state index contributed by atoms with van der Waals surface area (Å²) in [5.41, 5.74) is 5.48. The lowest BCUT2D eigenvalue weighted by molar-refractivity contribution is -0.140. The highest BCUT2D eigenvalue weighted by Gasteiger charge is 2.10. The van der Waals surface area contributed by atoms with E-state index >= 15 is 0 Å². The summed E-state index contributed by atoms with van der Waals surface area (Å²) in [4.78, 5) is 22.1. The number of nitrogens with two attached hydrogens (primary N) is 1. The molecule has 1 atom stereocenters. The third-order valence-corrected chi connectivity index (χ3v) is 2.26. The maximum atomic E-state index is 11.3. The van der Waals surface area contributed by atoms with E-state index in [9.17, 15) is 9.59 Å². The second-order valence-electron chi connectivity index (χ2n) is 3.39. The van der Waals surface area contributed by atoms with Crippen molar-refractivity contribution in [3.8, 4) is 0 Å². The molecule has 1 unspecified atom stereocenters. The molecule has 15 heavy (non-hydrogen) atoms. The van der Waals surface area contributed by atoms with E-state index in [0.29, 0.717) is 19.5 Å². The predicted octanol–water partition coefficient (Wildman–Crippen LogP) is 0.0407. The van der Waals surface area contributed by atoms with Crippen LogP contribution in [0.25, 0.3) is 0 Å². The van der Waals surface area contributed by atoms with Crippen molar-refractivity contribution in [1.29, 1.82) is 0 Å². The minimum atomic E-state index is -0.318. The summed E-state index contributed by atoms with van der Waals surface area (Å²) in [6.45, 7) is 2.84. The third-order valence-electron chi connectivity index (χ3n) is 2.26. The van der Waals surface area contributed by atoms with Crippen LogP contribution in [0.5, 0.6) is 0 Å². The maximum Gasteiger partial charge on any atom is 0.307 e. The van der Waals surface area contributed by atoms with Gasteiger partial charge in [0.25, 0.3) is 0 Å². The zero-order valence-electron chi connectivity index (χ0n) is 9.41. The van der Waals surface area contributed by atoms with Crippen LogP contribution in [-0.2, 0) is 14.3 Å². The fourth-order valence-corrected chi connectivity index (χ4v) is 1.13. The van der Waals surface area contributed by atoms with Gasteiger partial charge in [0, 0.05) is 13.0 Å². The van der Waals surface area contributed by atoms with Crippen LogP contribution < -0.4 is 11.1 Å². The number of nitrogens with one attached hydrogen (secondary N) is 1. The summed E-state index contributed by atoms with van der Waals surface area (Å²) in [5.74, 6) is -0.152. The molecule has 1 amide bonds. The number of methoxy groups -OCH3 is 1. The van der Waals surface area contributed by atoms with Crippen molar-refractivity contribution in [3.63, 3.8) is 0 Å². The Morgan fingerprint density at radius 3 is 2.60 bits per heavy atom. The minimum absolute atomic E-state index is 0.0591. The molecular weight excluding hydrogens is 196 g/mol. The third kappa shape index (κ3) is 6.90. The van der Waals surface area contributed by atoms with Gasteiger partial charge in [-0.1, -0.05) is 13.3 Å². The van der Waals surface area contributed by atoms with Crippen molar-refractivity contribution in [1.82, 2.24) is 5.32 Å². The second kappa shape index (κ2) is 8.23. The first-order valence-corrected chi connectivity index (χ1v) is 5.17. The van der Waals surface area contributed by atoms with Crippen LogP contribution in [-0.4, -0.2) is 32.1 Å². The average molecular weight is 216 g/mol. The normalized spacial score (nSPS) is 11.9. The molecule has 0 spiro atoms. The first-order valence-electron chi connectivity index (χ1n) is 5.17. The molecule has 0 aromatic rings. The Morgan fingerprint density at radius 1 is 1.47 bits per heavy atom. The van der Waals surface area contributed by atoms with Crippen LogP contribution in [0.15, 0.2) is 0 Å². The number of carbonyl (C=O) groups is 2. The predicted molar refractivity (Wildman–Crippen MR) is 57.1 cm³/mol. The Bertz CT molecular complexity index is 203. The molecule has 0 bridgehead atoms. The average Bonchev–Trinajstić information content (AvgIpc) is 2.25. The Hall–Kier alpha value is -1.10. The van der Waals surface area contributed by atoms with Gasteiger partial charge in [0.2, 0.25) is 5.91 Å². The van der Waals surface area contributed by atoms with E-state index in [1.54, 1.807) is 0 Å². The molecule has 0 saturated heterocycles. The molecule has 0 aliphatic heterocycles. The van der Waals surface area contributed by atoms with Crippen LogP contribution in [0, 0.1) is 5.92 Å². The number of hydrogen-bond acceptors (Lipinski definition) is 4. The summed E-state index contributed by atoms with van der Waals surface area (Å²) in [6.07, 6.45) is 1.52. The van der Waals surface area contributed by atoms with E-state index in [1.807, 2.05) is 6.92 Å². The quantitative estimate of drug-likeness (QED) is 0.589. The summed E-state index contributed by atoms with van der Waals surface area (Å²) in [6, 6.07) is 0. The van der Waals surface area contributed by atoms with E-state index < -0.39 is 0 Å². The number of carbonyl (C=O) groups excluding carboxylic acids is 2. The maximum absolute atomic E-state index is 11.3. The van der Waals surface area contributed by atoms with Crippen LogP contribution >= 0.6 is 0 Å². The molecular formula is C10H20N2O3. The van der Waals surface area contributed by atoms with Gasteiger partial charge in [-0.15, -0.1) is 0 Å². The number of ether oxygens (including phenoxy) is 1. The second-order valence-corrected chi connectivity index (χ2v) is 3.39. The van der Waals surface area contributed by atoms with Gasteiger partial charge < -0.3 is 15.8 Å².